The highest BCUT2D eigenvalue weighted by molar-refractivity contribution is 6.06. The molecule has 0 aromatic heterocycles. The van der Waals surface area contributed by atoms with E-state index in [0.717, 1.165) is 16.7 Å². The first kappa shape index (κ1) is 17.7. The highest BCUT2D eigenvalue weighted by Crippen LogP contribution is 2.21. The lowest BCUT2D eigenvalue weighted by Crippen LogP contribution is -2.16. The normalized spacial score (nSPS) is 10.5. The van der Waals surface area contributed by atoms with Gasteiger partial charge in [-0.3, -0.25) is 4.79 Å². The van der Waals surface area contributed by atoms with E-state index in [-0.39, 0.29) is 18.1 Å². The maximum Gasteiger partial charge on any atom is 0.335 e. The number of rotatable bonds is 5. The molecule has 1 amide bonds. The van der Waals surface area contributed by atoms with Crippen LogP contribution in [0.15, 0.2) is 30.3 Å². The first-order valence-corrected chi connectivity index (χ1v) is 7.57. The van der Waals surface area contributed by atoms with Crippen LogP contribution in [-0.4, -0.2) is 24.1 Å². The van der Waals surface area contributed by atoms with E-state index in [1.165, 1.54) is 19.2 Å². The summed E-state index contributed by atoms with van der Waals surface area (Å²) in [6.45, 7) is 6.03. The summed E-state index contributed by atoms with van der Waals surface area (Å²) >= 11 is 0. The Morgan fingerprint density at radius 3 is 2.21 bits per heavy atom. The van der Waals surface area contributed by atoms with Crippen LogP contribution in [0.4, 0.5) is 5.69 Å². The number of nitrogens with one attached hydrogen (secondary N) is 1. The van der Waals surface area contributed by atoms with E-state index in [1.54, 1.807) is 6.07 Å². The summed E-state index contributed by atoms with van der Waals surface area (Å²) in [6.07, 6.45) is 0. The van der Waals surface area contributed by atoms with Crippen LogP contribution in [0.1, 0.15) is 43.0 Å². The maximum absolute atomic E-state index is 12.6. The van der Waals surface area contributed by atoms with Crippen LogP contribution in [0.25, 0.3) is 0 Å². The topological polar surface area (TPSA) is 75.6 Å². The quantitative estimate of drug-likeness (QED) is 0.878. The van der Waals surface area contributed by atoms with Crippen molar-refractivity contribution in [3.05, 3.63) is 63.7 Å². The van der Waals surface area contributed by atoms with Crippen LogP contribution in [0, 0.1) is 20.8 Å². The number of carboxylic acids is 1. The summed E-state index contributed by atoms with van der Waals surface area (Å²) < 4.78 is 5.05. The molecule has 0 saturated heterocycles. The monoisotopic (exact) mass is 327 g/mol. The lowest BCUT2D eigenvalue weighted by atomic mass is 9.99. The fraction of sp³-hybridized carbons (Fsp3) is 0.263. The van der Waals surface area contributed by atoms with E-state index in [1.807, 2.05) is 32.9 Å². The Balaban J connectivity index is 2.37. The van der Waals surface area contributed by atoms with E-state index < -0.39 is 5.97 Å². The Kier molecular flexibility index (Phi) is 5.36. The summed E-state index contributed by atoms with van der Waals surface area (Å²) in [6, 6.07) is 8.59. The van der Waals surface area contributed by atoms with Crippen LogP contribution >= 0.6 is 0 Å². The number of carbonyl (C=O) groups excluding carboxylic acids is 1. The largest absolute Gasteiger partial charge is 0.478 e. The predicted molar refractivity (Wildman–Crippen MR) is 92.7 cm³/mol. The molecule has 0 aliphatic heterocycles. The number of amides is 1. The van der Waals surface area contributed by atoms with E-state index in [4.69, 9.17) is 4.74 Å². The van der Waals surface area contributed by atoms with Gasteiger partial charge in [0, 0.05) is 18.4 Å². The average Bonchev–Trinajstić information content (AvgIpc) is 2.46. The number of ether oxygens (including phenoxy) is 1. The number of aromatic carboxylic acids is 1. The van der Waals surface area contributed by atoms with Gasteiger partial charge in [0.15, 0.2) is 0 Å². The third-order valence-corrected chi connectivity index (χ3v) is 3.71. The van der Waals surface area contributed by atoms with Gasteiger partial charge in [-0.15, -0.1) is 0 Å². The predicted octanol–water partition coefficient (Wildman–Crippen LogP) is 3.71. The summed E-state index contributed by atoms with van der Waals surface area (Å²) in [7, 11) is 1.53. The van der Waals surface area contributed by atoms with Gasteiger partial charge in [0.25, 0.3) is 5.91 Å². The van der Waals surface area contributed by atoms with Gasteiger partial charge in [0.05, 0.1) is 12.2 Å². The summed E-state index contributed by atoms with van der Waals surface area (Å²) in [5, 5.41) is 12.0. The molecule has 0 atom stereocenters. The van der Waals surface area contributed by atoms with Crippen molar-refractivity contribution >= 4 is 17.6 Å². The number of hydrogen-bond acceptors (Lipinski definition) is 3. The minimum atomic E-state index is -1.05. The third kappa shape index (κ3) is 4.00. The Hall–Kier alpha value is -2.66. The molecule has 0 unspecified atom stereocenters. The Morgan fingerprint density at radius 1 is 1.04 bits per heavy atom. The molecular weight excluding hydrogens is 306 g/mol. The Labute approximate surface area is 141 Å². The molecule has 0 radical (unpaired) electrons. The lowest BCUT2D eigenvalue weighted by molar-refractivity contribution is 0.0696. The molecule has 5 heteroatoms. The first-order valence-electron chi connectivity index (χ1n) is 7.57. The lowest BCUT2D eigenvalue weighted by Gasteiger charge is -2.13. The van der Waals surface area contributed by atoms with Crippen molar-refractivity contribution < 1.29 is 19.4 Å². The molecule has 0 aliphatic carbocycles. The molecule has 126 valence electrons. The maximum atomic E-state index is 12.6. The number of hydrogen-bond donors (Lipinski definition) is 2. The van der Waals surface area contributed by atoms with Crippen molar-refractivity contribution in [1.82, 2.24) is 0 Å². The molecule has 0 aliphatic rings. The van der Waals surface area contributed by atoms with Crippen LogP contribution in [0.3, 0.4) is 0 Å². The van der Waals surface area contributed by atoms with Gasteiger partial charge in [-0.05, 0) is 55.7 Å². The second kappa shape index (κ2) is 7.27. The van der Waals surface area contributed by atoms with Crippen molar-refractivity contribution in [2.24, 2.45) is 0 Å². The molecule has 0 saturated carbocycles. The van der Waals surface area contributed by atoms with E-state index in [0.29, 0.717) is 16.8 Å². The summed E-state index contributed by atoms with van der Waals surface area (Å²) in [4.78, 5) is 23.9. The number of anilines is 1. The second-order valence-corrected chi connectivity index (χ2v) is 5.88. The average molecular weight is 327 g/mol. The standard InChI is InChI=1S/C19H21NO4/c1-11-5-12(2)17(13(3)6-11)18(21)20-16-8-14(10-24-4)7-15(9-16)19(22)23/h5-9H,10H2,1-4H3,(H,20,21)(H,22,23). The molecule has 0 heterocycles. The van der Waals surface area contributed by atoms with Gasteiger partial charge in [0.1, 0.15) is 0 Å². The smallest absolute Gasteiger partial charge is 0.335 e. The van der Waals surface area contributed by atoms with Crippen LogP contribution in [-0.2, 0) is 11.3 Å². The highest BCUT2D eigenvalue weighted by atomic mass is 16.5. The van der Waals surface area contributed by atoms with Crippen molar-refractivity contribution in [3.63, 3.8) is 0 Å². The molecule has 5 nitrogen and oxygen atoms in total. The van der Waals surface area contributed by atoms with Gasteiger partial charge in [-0.25, -0.2) is 4.79 Å². The van der Waals surface area contributed by atoms with E-state index in [9.17, 15) is 14.7 Å². The molecule has 2 N–H and O–H groups in total. The molecule has 24 heavy (non-hydrogen) atoms. The van der Waals surface area contributed by atoms with E-state index in [2.05, 4.69) is 5.32 Å². The molecule has 0 fully saturated rings. The van der Waals surface area contributed by atoms with Crippen LogP contribution in [0.2, 0.25) is 0 Å². The van der Waals surface area contributed by atoms with Crippen LogP contribution in [0.5, 0.6) is 0 Å². The molecule has 2 aromatic carbocycles. The van der Waals surface area contributed by atoms with Gasteiger partial charge in [-0.1, -0.05) is 17.7 Å². The summed E-state index contributed by atoms with van der Waals surface area (Å²) in [5.41, 5.74) is 4.70. The minimum absolute atomic E-state index is 0.109. The molecular formula is C19H21NO4. The number of benzene rings is 2. The Morgan fingerprint density at radius 2 is 1.67 bits per heavy atom. The fourth-order valence-corrected chi connectivity index (χ4v) is 2.87. The molecule has 2 rings (SSSR count). The minimum Gasteiger partial charge on any atom is -0.478 e. The fourth-order valence-electron chi connectivity index (χ4n) is 2.87. The molecule has 0 bridgehead atoms. The van der Waals surface area contributed by atoms with Crippen LogP contribution < -0.4 is 5.32 Å². The Bertz CT molecular complexity index is 773. The van der Waals surface area contributed by atoms with Gasteiger partial charge in [-0.2, -0.15) is 0 Å². The zero-order valence-electron chi connectivity index (χ0n) is 14.3. The van der Waals surface area contributed by atoms with Gasteiger partial charge in [0.2, 0.25) is 0 Å². The number of methoxy groups -OCH3 is 1. The van der Waals surface area contributed by atoms with Crippen molar-refractivity contribution in [1.29, 1.82) is 0 Å². The molecule has 0 spiro atoms. The van der Waals surface area contributed by atoms with Gasteiger partial charge < -0.3 is 15.2 Å². The van der Waals surface area contributed by atoms with Gasteiger partial charge >= 0.3 is 5.97 Å². The molecule has 2 aromatic rings. The van der Waals surface area contributed by atoms with Crippen molar-refractivity contribution in [2.45, 2.75) is 27.4 Å². The summed E-state index contributed by atoms with van der Waals surface area (Å²) in [5.74, 6) is -1.30. The first-order chi connectivity index (χ1) is 11.3. The van der Waals surface area contributed by atoms with E-state index >= 15 is 0 Å². The second-order valence-electron chi connectivity index (χ2n) is 5.88. The number of aryl methyl sites for hydroxylation is 3. The SMILES string of the molecule is COCc1cc(NC(=O)c2c(C)cc(C)cc2C)cc(C(=O)O)c1. The zero-order chi connectivity index (χ0) is 17.9. The van der Waals surface area contributed by atoms with Crippen molar-refractivity contribution in [3.8, 4) is 0 Å². The van der Waals surface area contributed by atoms with Crippen molar-refractivity contribution in [2.75, 3.05) is 12.4 Å². The third-order valence-electron chi connectivity index (χ3n) is 3.71. The number of carboxylic acid groups (broad SMARTS) is 1. The highest BCUT2D eigenvalue weighted by Gasteiger charge is 2.15. The zero-order valence-corrected chi connectivity index (χ0v) is 14.3. The number of carbonyl (C=O) groups is 2.